The van der Waals surface area contributed by atoms with Gasteiger partial charge in [-0.3, -0.25) is 9.89 Å². The molecule has 3 aromatic rings. The summed E-state index contributed by atoms with van der Waals surface area (Å²) in [6.45, 7) is 0. The van der Waals surface area contributed by atoms with Gasteiger partial charge >= 0.3 is 0 Å². The predicted molar refractivity (Wildman–Crippen MR) is 78.8 cm³/mol. The summed E-state index contributed by atoms with van der Waals surface area (Å²) in [7, 11) is 0. The first-order chi connectivity index (χ1) is 10.3. The monoisotopic (exact) mass is 281 g/mol. The summed E-state index contributed by atoms with van der Waals surface area (Å²) in [5, 5.41) is 10.9. The largest absolute Gasteiger partial charge is 0.348 e. The Morgan fingerprint density at radius 1 is 1.38 bits per heavy atom. The third-order valence-electron chi connectivity index (χ3n) is 4.07. The van der Waals surface area contributed by atoms with Crippen LogP contribution in [0.2, 0.25) is 0 Å². The van der Waals surface area contributed by atoms with Gasteiger partial charge in [0.05, 0.1) is 23.7 Å². The van der Waals surface area contributed by atoms with Crippen LogP contribution in [0.5, 0.6) is 0 Å². The van der Waals surface area contributed by atoms with Gasteiger partial charge in [0.2, 0.25) is 5.91 Å². The fourth-order valence-corrected chi connectivity index (χ4v) is 2.88. The summed E-state index contributed by atoms with van der Waals surface area (Å²) in [6, 6.07) is 5.76. The van der Waals surface area contributed by atoms with Crippen molar-refractivity contribution < 1.29 is 4.79 Å². The Balaban J connectivity index is 1.50. The molecule has 3 N–H and O–H groups in total. The highest BCUT2D eigenvalue weighted by molar-refractivity contribution is 5.95. The van der Waals surface area contributed by atoms with E-state index in [1.54, 1.807) is 12.5 Å². The second-order valence-corrected chi connectivity index (χ2v) is 5.43. The van der Waals surface area contributed by atoms with E-state index in [2.05, 4.69) is 25.5 Å². The SMILES string of the molecule is O=C(Nc1ccc2cn[nH]c2c1)C1CCc2nc[nH]c2C1. The van der Waals surface area contributed by atoms with Crippen molar-refractivity contribution in [2.75, 3.05) is 5.32 Å². The minimum absolute atomic E-state index is 0.00425. The Morgan fingerprint density at radius 2 is 2.33 bits per heavy atom. The van der Waals surface area contributed by atoms with Gasteiger partial charge in [-0.05, 0) is 31.0 Å². The molecular weight excluding hydrogens is 266 g/mol. The molecule has 2 heterocycles. The highest BCUT2D eigenvalue weighted by atomic mass is 16.1. The molecule has 6 heteroatoms. The molecule has 0 aliphatic heterocycles. The molecule has 4 rings (SSSR count). The lowest BCUT2D eigenvalue weighted by molar-refractivity contribution is -0.120. The van der Waals surface area contributed by atoms with Crippen molar-refractivity contribution >= 4 is 22.5 Å². The molecule has 1 atom stereocenters. The third kappa shape index (κ3) is 2.18. The highest BCUT2D eigenvalue weighted by Gasteiger charge is 2.26. The van der Waals surface area contributed by atoms with Crippen molar-refractivity contribution in [2.24, 2.45) is 5.92 Å². The van der Waals surface area contributed by atoms with E-state index < -0.39 is 0 Å². The van der Waals surface area contributed by atoms with Crippen molar-refractivity contribution in [3.05, 3.63) is 42.1 Å². The van der Waals surface area contributed by atoms with Crippen molar-refractivity contribution in [3.63, 3.8) is 0 Å². The Morgan fingerprint density at radius 3 is 3.29 bits per heavy atom. The second kappa shape index (κ2) is 4.73. The Labute approximate surface area is 121 Å². The molecule has 2 aromatic heterocycles. The summed E-state index contributed by atoms with van der Waals surface area (Å²) in [4.78, 5) is 19.8. The number of carbonyl (C=O) groups excluding carboxylic acids is 1. The van der Waals surface area contributed by atoms with Gasteiger partial charge in [0.25, 0.3) is 0 Å². The first kappa shape index (κ1) is 12.1. The van der Waals surface area contributed by atoms with Gasteiger partial charge in [0.1, 0.15) is 0 Å². The smallest absolute Gasteiger partial charge is 0.227 e. The Bertz CT molecular complexity index is 803. The normalized spacial score (nSPS) is 17.6. The van der Waals surface area contributed by atoms with E-state index >= 15 is 0 Å². The van der Waals surface area contributed by atoms with Crippen LogP contribution >= 0.6 is 0 Å². The molecule has 0 spiro atoms. The molecule has 0 saturated heterocycles. The summed E-state index contributed by atoms with van der Waals surface area (Å²) >= 11 is 0. The van der Waals surface area contributed by atoms with Crippen molar-refractivity contribution in [1.29, 1.82) is 0 Å². The minimum atomic E-state index is -0.00425. The number of H-pyrrole nitrogens is 2. The average molecular weight is 281 g/mol. The van der Waals surface area contributed by atoms with E-state index in [4.69, 9.17) is 0 Å². The zero-order chi connectivity index (χ0) is 14.2. The van der Waals surface area contributed by atoms with E-state index in [0.29, 0.717) is 0 Å². The molecule has 1 unspecified atom stereocenters. The number of hydrogen-bond acceptors (Lipinski definition) is 3. The molecule has 0 radical (unpaired) electrons. The summed E-state index contributed by atoms with van der Waals surface area (Å²) in [6.07, 6.45) is 5.90. The molecule has 0 bridgehead atoms. The molecule has 1 aliphatic carbocycles. The fraction of sp³-hybridized carbons (Fsp3) is 0.267. The zero-order valence-electron chi connectivity index (χ0n) is 11.4. The van der Waals surface area contributed by atoms with Gasteiger partial charge in [-0.25, -0.2) is 4.98 Å². The number of aromatic amines is 2. The maximum Gasteiger partial charge on any atom is 0.227 e. The Hall–Kier alpha value is -2.63. The number of amides is 1. The third-order valence-corrected chi connectivity index (χ3v) is 4.07. The summed E-state index contributed by atoms with van der Waals surface area (Å²) in [5.74, 6) is 0.0597. The zero-order valence-corrected chi connectivity index (χ0v) is 11.4. The maximum absolute atomic E-state index is 12.4. The number of benzene rings is 1. The van der Waals surface area contributed by atoms with Gasteiger partial charge in [0, 0.05) is 29.1 Å². The van der Waals surface area contributed by atoms with Crippen LogP contribution in [0.25, 0.3) is 10.9 Å². The maximum atomic E-state index is 12.4. The van der Waals surface area contributed by atoms with Gasteiger partial charge < -0.3 is 10.3 Å². The highest BCUT2D eigenvalue weighted by Crippen LogP contribution is 2.24. The van der Waals surface area contributed by atoms with E-state index in [-0.39, 0.29) is 11.8 Å². The molecule has 1 aromatic carbocycles. The summed E-state index contributed by atoms with van der Waals surface area (Å²) in [5.41, 5.74) is 3.91. The van der Waals surface area contributed by atoms with Gasteiger partial charge in [-0.15, -0.1) is 0 Å². The molecule has 1 aliphatic rings. The lowest BCUT2D eigenvalue weighted by Crippen LogP contribution is -2.28. The number of fused-ring (bicyclic) bond motifs is 2. The first-order valence-corrected chi connectivity index (χ1v) is 7.05. The van der Waals surface area contributed by atoms with E-state index in [1.807, 2.05) is 18.2 Å². The fourth-order valence-electron chi connectivity index (χ4n) is 2.88. The number of anilines is 1. The van der Waals surface area contributed by atoms with Crippen LogP contribution in [-0.4, -0.2) is 26.1 Å². The number of nitrogens with one attached hydrogen (secondary N) is 3. The minimum Gasteiger partial charge on any atom is -0.348 e. The Kier molecular flexibility index (Phi) is 2.73. The van der Waals surface area contributed by atoms with Gasteiger partial charge in [-0.2, -0.15) is 5.10 Å². The van der Waals surface area contributed by atoms with Gasteiger partial charge in [0.15, 0.2) is 0 Å². The van der Waals surface area contributed by atoms with Crippen LogP contribution in [0.3, 0.4) is 0 Å². The van der Waals surface area contributed by atoms with Crippen molar-refractivity contribution in [2.45, 2.75) is 19.3 Å². The number of nitrogens with zero attached hydrogens (tertiary/aromatic N) is 2. The van der Waals surface area contributed by atoms with Crippen LogP contribution in [0.15, 0.2) is 30.7 Å². The molecule has 6 nitrogen and oxygen atoms in total. The quantitative estimate of drug-likeness (QED) is 0.671. The van der Waals surface area contributed by atoms with E-state index in [1.165, 1.54) is 0 Å². The van der Waals surface area contributed by atoms with Crippen molar-refractivity contribution in [3.8, 4) is 0 Å². The predicted octanol–water partition coefficient (Wildman–Crippen LogP) is 2.03. The molecule has 21 heavy (non-hydrogen) atoms. The molecule has 0 saturated carbocycles. The standard InChI is InChI=1S/C15H15N5O/c21-15(9-2-4-12-14(5-9)17-8-16-12)19-11-3-1-10-7-18-20-13(10)6-11/h1,3,6-9H,2,4-5H2,(H,16,17)(H,18,20)(H,19,21). The molecule has 0 fully saturated rings. The molecular formula is C15H15N5O. The molecule has 106 valence electrons. The van der Waals surface area contributed by atoms with Gasteiger partial charge in [-0.1, -0.05) is 0 Å². The lowest BCUT2D eigenvalue weighted by atomic mass is 9.89. The average Bonchev–Trinajstić information content (AvgIpc) is 3.14. The van der Waals surface area contributed by atoms with E-state index in [0.717, 1.165) is 47.2 Å². The summed E-state index contributed by atoms with van der Waals surface area (Å²) < 4.78 is 0. The first-order valence-electron chi connectivity index (χ1n) is 7.05. The number of hydrogen-bond donors (Lipinski definition) is 3. The number of aryl methyl sites for hydroxylation is 1. The van der Waals surface area contributed by atoms with Crippen LogP contribution in [0.4, 0.5) is 5.69 Å². The van der Waals surface area contributed by atoms with Crippen LogP contribution < -0.4 is 5.32 Å². The van der Waals surface area contributed by atoms with E-state index in [9.17, 15) is 4.79 Å². The second-order valence-electron chi connectivity index (χ2n) is 5.43. The van der Waals surface area contributed by atoms with Crippen molar-refractivity contribution in [1.82, 2.24) is 20.2 Å². The lowest BCUT2D eigenvalue weighted by Gasteiger charge is -2.20. The number of aromatic nitrogens is 4. The van der Waals surface area contributed by atoms with Crippen LogP contribution in [0.1, 0.15) is 17.8 Å². The van der Waals surface area contributed by atoms with Crippen LogP contribution in [0, 0.1) is 5.92 Å². The molecule has 1 amide bonds. The number of rotatable bonds is 2. The van der Waals surface area contributed by atoms with Crippen LogP contribution in [-0.2, 0) is 17.6 Å². The number of carbonyl (C=O) groups is 1. The number of imidazole rings is 1. The topological polar surface area (TPSA) is 86.5 Å².